The second kappa shape index (κ2) is 5.70. The van der Waals surface area contributed by atoms with Crippen LogP contribution >= 0.6 is 23.4 Å². The van der Waals surface area contributed by atoms with Crippen LogP contribution < -0.4 is 5.32 Å². The number of hydrogen-bond donors (Lipinski definition) is 1. The summed E-state index contributed by atoms with van der Waals surface area (Å²) in [6.07, 6.45) is 3.04. The van der Waals surface area contributed by atoms with E-state index in [-0.39, 0.29) is 0 Å². The minimum atomic E-state index is 0.476. The third-order valence-electron chi connectivity index (χ3n) is 2.45. The van der Waals surface area contributed by atoms with Crippen LogP contribution in [0.25, 0.3) is 0 Å². The average molecular weight is 260 g/mol. The van der Waals surface area contributed by atoms with Crippen molar-refractivity contribution in [2.45, 2.75) is 11.6 Å². The molecule has 0 spiro atoms. The van der Waals surface area contributed by atoms with E-state index in [1.165, 1.54) is 11.8 Å². The first kappa shape index (κ1) is 12.0. The first-order chi connectivity index (χ1) is 7.78. The minimum Gasteiger partial charge on any atom is -0.381 e. The number of rotatable bonds is 4. The summed E-state index contributed by atoms with van der Waals surface area (Å²) in [6.45, 7) is 2.58. The van der Waals surface area contributed by atoms with Gasteiger partial charge in [0.05, 0.1) is 6.61 Å². The lowest BCUT2D eigenvalue weighted by Gasteiger charge is -2.10. The fourth-order valence-electron chi connectivity index (χ4n) is 1.57. The van der Waals surface area contributed by atoms with E-state index in [4.69, 9.17) is 16.3 Å². The molecule has 2 heterocycles. The SMILES string of the molecule is CSc1nc(Cl)cc(NCC2CCOC2)n1. The maximum Gasteiger partial charge on any atom is 0.190 e. The third kappa shape index (κ3) is 3.23. The monoisotopic (exact) mass is 259 g/mol. The van der Waals surface area contributed by atoms with E-state index in [1.54, 1.807) is 6.07 Å². The van der Waals surface area contributed by atoms with Gasteiger partial charge in [-0.15, -0.1) is 0 Å². The summed E-state index contributed by atoms with van der Waals surface area (Å²) in [5, 5.41) is 4.44. The van der Waals surface area contributed by atoms with E-state index < -0.39 is 0 Å². The van der Waals surface area contributed by atoms with Gasteiger partial charge in [-0.2, -0.15) is 0 Å². The predicted octanol–water partition coefficient (Wildman–Crippen LogP) is 2.30. The maximum atomic E-state index is 5.90. The molecule has 1 aromatic heterocycles. The Bertz CT molecular complexity index is 358. The molecule has 1 atom stereocenters. The van der Waals surface area contributed by atoms with Crippen LogP contribution in [0, 0.1) is 5.92 Å². The first-order valence-corrected chi connectivity index (χ1v) is 6.78. The fraction of sp³-hybridized carbons (Fsp3) is 0.600. The number of aromatic nitrogens is 2. The van der Waals surface area contributed by atoms with Crippen LogP contribution in [0.4, 0.5) is 5.82 Å². The molecule has 2 rings (SSSR count). The molecular formula is C10H14ClN3OS. The van der Waals surface area contributed by atoms with Crippen molar-refractivity contribution < 1.29 is 4.74 Å². The second-order valence-electron chi connectivity index (χ2n) is 3.67. The van der Waals surface area contributed by atoms with Crippen LogP contribution in [-0.2, 0) is 4.74 Å². The smallest absolute Gasteiger partial charge is 0.190 e. The summed E-state index contributed by atoms with van der Waals surface area (Å²) < 4.78 is 5.31. The minimum absolute atomic E-state index is 0.476. The summed E-state index contributed by atoms with van der Waals surface area (Å²) in [6, 6.07) is 1.75. The summed E-state index contributed by atoms with van der Waals surface area (Å²) in [5.74, 6) is 1.36. The Morgan fingerprint density at radius 2 is 2.50 bits per heavy atom. The maximum absolute atomic E-state index is 5.90. The van der Waals surface area contributed by atoms with Gasteiger partial charge in [0.15, 0.2) is 5.16 Å². The van der Waals surface area contributed by atoms with Gasteiger partial charge in [-0.1, -0.05) is 23.4 Å². The molecule has 6 heteroatoms. The van der Waals surface area contributed by atoms with Gasteiger partial charge in [-0.3, -0.25) is 0 Å². The van der Waals surface area contributed by atoms with E-state index >= 15 is 0 Å². The van der Waals surface area contributed by atoms with E-state index in [2.05, 4.69) is 15.3 Å². The van der Waals surface area contributed by atoms with Crippen molar-refractivity contribution in [2.75, 3.05) is 31.3 Å². The van der Waals surface area contributed by atoms with Crippen molar-refractivity contribution >= 4 is 29.2 Å². The predicted molar refractivity (Wildman–Crippen MR) is 66.2 cm³/mol. The summed E-state index contributed by atoms with van der Waals surface area (Å²) in [5.41, 5.74) is 0. The van der Waals surface area contributed by atoms with Crippen molar-refractivity contribution in [3.05, 3.63) is 11.2 Å². The van der Waals surface area contributed by atoms with Gasteiger partial charge < -0.3 is 10.1 Å². The van der Waals surface area contributed by atoms with Gasteiger partial charge in [0.25, 0.3) is 0 Å². The lowest BCUT2D eigenvalue weighted by Crippen LogP contribution is -2.15. The third-order valence-corrected chi connectivity index (χ3v) is 3.19. The molecule has 16 heavy (non-hydrogen) atoms. The Hall–Kier alpha value is -0.520. The Labute approximate surface area is 104 Å². The standard InChI is InChI=1S/C10H14ClN3OS/c1-16-10-13-8(11)4-9(14-10)12-5-7-2-3-15-6-7/h4,7H,2-3,5-6H2,1H3,(H,12,13,14). The molecule has 88 valence electrons. The lowest BCUT2D eigenvalue weighted by molar-refractivity contribution is 0.187. The first-order valence-electron chi connectivity index (χ1n) is 5.18. The van der Waals surface area contributed by atoms with Gasteiger partial charge in [0.2, 0.25) is 0 Å². The van der Waals surface area contributed by atoms with E-state index in [0.29, 0.717) is 16.2 Å². The highest BCUT2D eigenvalue weighted by atomic mass is 35.5. The van der Waals surface area contributed by atoms with E-state index in [0.717, 1.165) is 32.0 Å². The van der Waals surface area contributed by atoms with Crippen molar-refractivity contribution in [3.63, 3.8) is 0 Å². The topological polar surface area (TPSA) is 47.0 Å². The van der Waals surface area contributed by atoms with E-state index in [9.17, 15) is 0 Å². The highest BCUT2D eigenvalue weighted by molar-refractivity contribution is 7.98. The summed E-state index contributed by atoms with van der Waals surface area (Å²) >= 11 is 7.38. The van der Waals surface area contributed by atoms with Crippen LogP contribution in [0.1, 0.15) is 6.42 Å². The average Bonchev–Trinajstić information content (AvgIpc) is 2.78. The molecule has 0 radical (unpaired) electrons. The van der Waals surface area contributed by atoms with Crippen molar-refractivity contribution in [3.8, 4) is 0 Å². The molecule has 1 aliphatic heterocycles. The van der Waals surface area contributed by atoms with Crippen LogP contribution in [0.15, 0.2) is 11.2 Å². The number of ether oxygens (including phenoxy) is 1. The normalized spacial score (nSPS) is 20.0. The van der Waals surface area contributed by atoms with Gasteiger partial charge in [-0.25, -0.2) is 9.97 Å². The Morgan fingerprint density at radius 1 is 1.62 bits per heavy atom. The molecule has 1 N–H and O–H groups in total. The fourth-order valence-corrected chi connectivity index (χ4v) is 2.18. The lowest BCUT2D eigenvalue weighted by atomic mass is 10.1. The molecule has 1 unspecified atom stereocenters. The molecule has 1 aromatic rings. The number of thioether (sulfide) groups is 1. The number of anilines is 1. The zero-order chi connectivity index (χ0) is 11.4. The zero-order valence-electron chi connectivity index (χ0n) is 9.07. The number of nitrogens with one attached hydrogen (secondary N) is 1. The van der Waals surface area contributed by atoms with Gasteiger partial charge >= 0.3 is 0 Å². The molecule has 0 aromatic carbocycles. The Balaban J connectivity index is 1.94. The molecule has 0 amide bonds. The van der Waals surface area contributed by atoms with Crippen molar-refractivity contribution in [1.29, 1.82) is 0 Å². The number of nitrogens with zero attached hydrogens (tertiary/aromatic N) is 2. The molecular weight excluding hydrogens is 246 g/mol. The van der Waals surface area contributed by atoms with Gasteiger partial charge in [-0.05, 0) is 12.7 Å². The second-order valence-corrected chi connectivity index (χ2v) is 4.83. The molecule has 0 aliphatic carbocycles. The number of hydrogen-bond acceptors (Lipinski definition) is 5. The van der Waals surface area contributed by atoms with Crippen molar-refractivity contribution in [1.82, 2.24) is 9.97 Å². The van der Waals surface area contributed by atoms with Crippen LogP contribution in [-0.4, -0.2) is 36.0 Å². The van der Waals surface area contributed by atoms with Gasteiger partial charge in [0.1, 0.15) is 11.0 Å². The molecule has 4 nitrogen and oxygen atoms in total. The molecule has 1 fully saturated rings. The van der Waals surface area contributed by atoms with Gasteiger partial charge in [0, 0.05) is 25.1 Å². The molecule has 1 aliphatic rings. The zero-order valence-corrected chi connectivity index (χ0v) is 10.6. The summed E-state index contributed by atoms with van der Waals surface area (Å²) in [7, 11) is 0. The molecule has 0 saturated carbocycles. The van der Waals surface area contributed by atoms with E-state index in [1.807, 2.05) is 6.26 Å². The Kier molecular flexibility index (Phi) is 4.26. The number of halogens is 1. The van der Waals surface area contributed by atoms with Crippen LogP contribution in [0.2, 0.25) is 5.15 Å². The van der Waals surface area contributed by atoms with Crippen LogP contribution in [0.3, 0.4) is 0 Å². The largest absolute Gasteiger partial charge is 0.381 e. The quantitative estimate of drug-likeness (QED) is 0.511. The summed E-state index contributed by atoms with van der Waals surface area (Å²) in [4.78, 5) is 8.41. The van der Waals surface area contributed by atoms with Crippen molar-refractivity contribution in [2.24, 2.45) is 5.92 Å². The molecule has 0 bridgehead atoms. The van der Waals surface area contributed by atoms with Crippen LogP contribution in [0.5, 0.6) is 0 Å². The highest BCUT2D eigenvalue weighted by Crippen LogP contribution is 2.18. The molecule has 1 saturated heterocycles. The highest BCUT2D eigenvalue weighted by Gasteiger charge is 2.15. The Morgan fingerprint density at radius 3 is 3.19 bits per heavy atom.